The zero-order valence-corrected chi connectivity index (χ0v) is 10.6. The van der Waals surface area contributed by atoms with Gasteiger partial charge in [0.2, 0.25) is 5.91 Å². The maximum atomic E-state index is 12.1. The summed E-state index contributed by atoms with van der Waals surface area (Å²) in [5.41, 5.74) is -0.0502. The molecule has 4 nitrogen and oxygen atoms in total. The van der Waals surface area contributed by atoms with Gasteiger partial charge in [-0.25, -0.2) is 0 Å². The fourth-order valence-corrected chi connectivity index (χ4v) is 4.65. The van der Waals surface area contributed by atoms with Crippen LogP contribution in [0.3, 0.4) is 0 Å². The summed E-state index contributed by atoms with van der Waals surface area (Å²) in [7, 11) is 0. The van der Waals surface area contributed by atoms with E-state index in [-0.39, 0.29) is 22.6 Å². The molecule has 1 amide bonds. The molecular weight excluding hydrogens is 238 g/mol. The lowest BCUT2D eigenvalue weighted by atomic mass is 9.75. The van der Waals surface area contributed by atoms with Crippen LogP contribution in [0.25, 0.3) is 0 Å². The predicted molar refractivity (Wildman–Crippen MR) is 64.8 cm³/mol. The largest absolute Gasteiger partial charge is 0.480 e. The van der Waals surface area contributed by atoms with Crippen molar-refractivity contribution in [2.45, 2.75) is 37.5 Å². The molecule has 0 spiro atoms. The Bertz CT molecular complexity index is 386. The predicted octanol–water partition coefficient (Wildman–Crippen LogP) is 1.11. The smallest absolute Gasteiger partial charge is 0.316 e. The van der Waals surface area contributed by atoms with Crippen molar-refractivity contribution in [1.82, 2.24) is 5.32 Å². The van der Waals surface area contributed by atoms with Gasteiger partial charge in [0.1, 0.15) is 5.25 Å². The fourth-order valence-electron chi connectivity index (χ4n) is 3.45. The Labute approximate surface area is 105 Å². The summed E-state index contributed by atoms with van der Waals surface area (Å²) in [4.78, 5) is 22.9. The number of carboxylic acids is 1. The van der Waals surface area contributed by atoms with Crippen LogP contribution in [-0.4, -0.2) is 34.0 Å². The van der Waals surface area contributed by atoms with E-state index in [9.17, 15) is 9.59 Å². The fraction of sp³-hybridized carbons (Fsp3) is 0.833. The van der Waals surface area contributed by atoms with E-state index in [1.165, 1.54) is 11.8 Å². The number of thioether (sulfide) groups is 1. The van der Waals surface area contributed by atoms with Gasteiger partial charge >= 0.3 is 5.97 Å². The average Bonchev–Trinajstić information content (AvgIpc) is 2.67. The third-order valence-electron chi connectivity index (χ3n) is 4.57. The van der Waals surface area contributed by atoms with Gasteiger partial charge in [-0.15, -0.1) is 11.8 Å². The lowest BCUT2D eigenvalue weighted by Crippen LogP contribution is -2.45. The molecular formula is C12H17NO3S. The molecule has 1 saturated heterocycles. The Morgan fingerprint density at radius 2 is 2.18 bits per heavy atom. The van der Waals surface area contributed by atoms with Crippen LogP contribution >= 0.6 is 11.8 Å². The maximum absolute atomic E-state index is 12.1. The Balaban J connectivity index is 1.52. The molecule has 2 saturated carbocycles. The molecule has 1 aliphatic heterocycles. The van der Waals surface area contributed by atoms with Crippen molar-refractivity contribution in [3.63, 3.8) is 0 Å². The number of rotatable bonds is 3. The molecule has 2 N–H and O–H groups in total. The summed E-state index contributed by atoms with van der Waals surface area (Å²) in [6.07, 6.45) is 2.63. The Hall–Kier alpha value is -0.710. The second-order valence-electron chi connectivity index (χ2n) is 5.71. The molecule has 1 heterocycles. The van der Waals surface area contributed by atoms with Gasteiger partial charge in [0, 0.05) is 11.8 Å². The number of nitrogens with one attached hydrogen (secondary N) is 1. The van der Waals surface area contributed by atoms with Crippen LogP contribution in [-0.2, 0) is 9.59 Å². The van der Waals surface area contributed by atoms with E-state index in [4.69, 9.17) is 5.11 Å². The molecule has 0 radical (unpaired) electrons. The summed E-state index contributed by atoms with van der Waals surface area (Å²) in [6, 6.07) is 0.0557. The number of carbonyl (C=O) groups excluding carboxylic acids is 1. The minimum Gasteiger partial charge on any atom is -0.480 e. The highest BCUT2D eigenvalue weighted by atomic mass is 32.2. The van der Waals surface area contributed by atoms with Crippen LogP contribution in [0.5, 0.6) is 0 Å². The topological polar surface area (TPSA) is 66.4 Å². The van der Waals surface area contributed by atoms with E-state index < -0.39 is 5.97 Å². The Morgan fingerprint density at radius 3 is 2.65 bits per heavy atom. The highest BCUT2D eigenvalue weighted by Gasteiger charge is 2.69. The molecule has 0 bridgehead atoms. The molecule has 0 aromatic heterocycles. The average molecular weight is 255 g/mol. The third kappa shape index (κ3) is 1.66. The molecule has 0 aromatic rings. The van der Waals surface area contributed by atoms with Gasteiger partial charge in [-0.1, -0.05) is 6.92 Å². The van der Waals surface area contributed by atoms with Crippen molar-refractivity contribution < 1.29 is 14.7 Å². The molecule has 94 valence electrons. The van der Waals surface area contributed by atoms with E-state index in [1.54, 1.807) is 0 Å². The number of aliphatic carboxylic acids is 1. The summed E-state index contributed by atoms with van der Waals surface area (Å²) < 4.78 is 0. The summed E-state index contributed by atoms with van der Waals surface area (Å²) in [6.45, 7) is 2.20. The number of carboxylic acid groups (broad SMARTS) is 1. The van der Waals surface area contributed by atoms with Crippen molar-refractivity contribution >= 4 is 23.6 Å². The SMILES string of the molecule is C[C@@H]1C[C@@]2(C(=O)N[C@@H]3CS[C@H](C(=O)O)C3)C[C@@H]12. The van der Waals surface area contributed by atoms with E-state index in [0.717, 1.165) is 18.6 Å². The van der Waals surface area contributed by atoms with E-state index in [2.05, 4.69) is 12.2 Å². The normalized spacial score (nSPS) is 46.9. The van der Waals surface area contributed by atoms with Crippen LogP contribution in [0, 0.1) is 17.3 Å². The zero-order valence-electron chi connectivity index (χ0n) is 9.81. The van der Waals surface area contributed by atoms with Gasteiger partial charge in [0.25, 0.3) is 0 Å². The molecule has 3 fully saturated rings. The van der Waals surface area contributed by atoms with Crippen molar-refractivity contribution in [1.29, 1.82) is 0 Å². The molecule has 17 heavy (non-hydrogen) atoms. The van der Waals surface area contributed by atoms with Crippen molar-refractivity contribution in [2.75, 3.05) is 5.75 Å². The lowest BCUT2D eigenvalue weighted by Gasteiger charge is -2.31. The maximum Gasteiger partial charge on any atom is 0.316 e. The van der Waals surface area contributed by atoms with E-state index in [0.29, 0.717) is 18.3 Å². The molecule has 5 heteroatoms. The second-order valence-corrected chi connectivity index (χ2v) is 6.95. The first-order valence-corrected chi connectivity index (χ1v) is 7.23. The number of fused-ring (bicyclic) bond motifs is 1. The first kappa shape index (κ1) is 11.4. The first-order chi connectivity index (χ1) is 8.03. The summed E-state index contributed by atoms with van der Waals surface area (Å²) in [5.74, 6) is 1.46. The summed E-state index contributed by atoms with van der Waals surface area (Å²) in [5, 5.41) is 11.6. The molecule has 0 aromatic carbocycles. The van der Waals surface area contributed by atoms with Crippen molar-refractivity contribution in [2.24, 2.45) is 17.3 Å². The van der Waals surface area contributed by atoms with Crippen molar-refractivity contribution in [3.8, 4) is 0 Å². The van der Waals surface area contributed by atoms with Gasteiger partial charge in [0.05, 0.1) is 5.41 Å². The molecule has 2 aliphatic carbocycles. The number of hydrogen-bond donors (Lipinski definition) is 2. The molecule has 3 aliphatic rings. The number of carbonyl (C=O) groups is 2. The molecule has 0 unspecified atom stereocenters. The Morgan fingerprint density at radius 1 is 1.41 bits per heavy atom. The van der Waals surface area contributed by atoms with Gasteiger partial charge in [-0.2, -0.15) is 0 Å². The standard InChI is InChI=1S/C12H17NO3S/c1-6-3-12(4-8(6)12)11(16)13-7-2-9(10(14)15)17-5-7/h6-9H,2-5H2,1H3,(H,13,16)(H,14,15)/t6-,7+,8+,9+,12-/m1/s1. The van der Waals surface area contributed by atoms with Gasteiger partial charge < -0.3 is 10.4 Å². The van der Waals surface area contributed by atoms with Crippen LogP contribution in [0.1, 0.15) is 26.2 Å². The van der Waals surface area contributed by atoms with Crippen LogP contribution in [0.4, 0.5) is 0 Å². The second kappa shape index (κ2) is 3.64. The minimum absolute atomic E-state index is 0.0502. The third-order valence-corrected chi connectivity index (χ3v) is 5.96. The highest BCUT2D eigenvalue weighted by Crippen LogP contribution is 2.70. The van der Waals surface area contributed by atoms with E-state index in [1.807, 2.05) is 0 Å². The van der Waals surface area contributed by atoms with E-state index >= 15 is 0 Å². The van der Waals surface area contributed by atoms with Gasteiger partial charge in [-0.3, -0.25) is 9.59 Å². The zero-order chi connectivity index (χ0) is 12.2. The summed E-state index contributed by atoms with van der Waals surface area (Å²) >= 11 is 1.44. The van der Waals surface area contributed by atoms with Crippen LogP contribution in [0.2, 0.25) is 0 Å². The first-order valence-electron chi connectivity index (χ1n) is 6.18. The highest BCUT2D eigenvalue weighted by molar-refractivity contribution is 8.00. The van der Waals surface area contributed by atoms with Crippen molar-refractivity contribution in [3.05, 3.63) is 0 Å². The lowest BCUT2D eigenvalue weighted by molar-refractivity contribution is -0.137. The molecule has 5 atom stereocenters. The number of hydrogen-bond acceptors (Lipinski definition) is 3. The van der Waals surface area contributed by atoms with Gasteiger partial charge in [0.15, 0.2) is 0 Å². The minimum atomic E-state index is -0.758. The quantitative estimate of drug-likeness (QED) is 0.792. The molecule has 3 rings (SSSR count). The van der Waals surface area contributed by atoms with Crippen LogP contribution < -0.4 is 5.32 Å². The van der Waals surface area contributed by atoms with Crippen LogP contribution in [0.15, 0.2) is 0 Å². The monoisotopic (exact) mass is 255 g/mol. The number of amides is 1. The van der Waals surface area contributed by atoms with Gasteiger partial charge in [-0.05, 0) is 31.1 Å². The Kier molecular flexibility index (Phi) is 2.44.